The second kappa shape index (κ2) is 8.49. The summed E-state index contributed by atoms with van der Waals surface area (Å²) in [7, 11) is -3.36. The van der Waals surface area contributed by atoms with E-state index in [9.17, 15) is 13.2 Å². The fourth-order valence-corrected chi connectivity index (χ4v) is 5.07. The van der Waals surface area contributed by atoms with E-state index in [1.54, 1.807) is 30.7 Å². The van der Waals surface area contributed by atoms with Gasteiger partial charge in [0.25, 0.3) is 5.91 Å². The largest absolute Gasteiger partial charge is 0.342 e. The second-order valence-corrected chi connectivity index (χ2v) is 9.85. The van der Waals surface area contributed by atoms with Crippen molar-refractivity contribution in [2.24, 2.45) is 0 Å². The van der Waals surface area contributed by atoms with Crippen molar-refractivity contribution in [3.63, 3.8) is 0 Å². The fourth-order valence-electron chi connectivity index (χ4n) is 2.96. The summed E-state index contributed by atoms with van der Waals surface area (Å²) in [6.07, 6.45) is 6.90. The number of sulfonamides is 1. The van der Waals surface area contributed by atoms with Gasteiger partial charge in [0.15, 0.2) is 5.01 Å². The highest BCUT2D eigenvalue weighted by Crippen LogP contribution is 2.30. The van der Waals surface area contributed by atoms with Crippen molar-refractivity contribution < 1.29 is 13.2 Å². The maximum atomic E-state index is 12.7. The van der Waals surface area contributed by atoms with Gasteiger partial charge in [0.1, 0.15) is 0 Å². The minimum absolute atomic E-state index is 0.298. The Hall–Kier alpha value is -2.85. The Labute approximate surface area is 178 Å². The number of hydrogen-bond acceptors (Lipinski definition) is 7. The molecule has 1 amide bonds. The van der Waals surface area contributed by atoms with E-state index in [-0.39, 0.29) is 17.2 Å². The Kier molecular flexibility index (Phi) is 5.78. The highest BCUT2D eigenvalue weighted by molar-refractivity contribution is 7.93. The van der Waals surface area contributed by atoms with Crippen LogP contribution in [0.25, 0.3) is 11.3 Å². The zero-order valence-electron chi connectivity index (χ0n) is 16.3. The maximum Gasteiger partial charge on any atom is 0.280 e. The molecule has 3 heterocycles. The molecular weight excluding hydrogens is 422 g/mol. The highest BCUT2D eigenvalue weighted by atomic mass is 32.2. The first kappa shape index (κ1) is 20.4. The van der Waals surface area contributed by atoms with E-state index < -0.39 is 10.0 Å². The quantitative estimate of drug-likeness (QED) is 0.552. The first-order valence-electron chi connectivity index (χ1n) is 9.60. The maximum absolute atomic E-state index is 12.7. The number of aromatic nitrogens is 3. The third-order valence-corrected chi connectivity index (χ3v) is 7.44. The van der Waals surface area contributed by atoms with Crippen molar-refractivity contribution in [1.82, 2.24) is 20.3 Å². The van der Waals surface area contributed by atoms with Crippen molar-refractivity contribution in [2.45, 2.75) is 37.5 Å². The molecule has 1 unspecified atom stereocenters. The van der Waals surface area contributed by atoms with E-state index in [1.165, 1.54) is 11.3 Å². The van der Waals surface area contributed by atoms with Gasteiger partial charge in [-0.05, 0) is 43.5 Å². The minimum atomic E-state index is -3.36. The van der Waals surface area contributed by atoms with Crippen LogP contribution in [0.3, 0.4) is 0 Å². The van der Waals surface area contributed by atoms with Gasteiger partial charge in [0.2, 0.25) is 10.0 Å². The molecule has 1 atom stereocenters. The standard InChI is InChI=1S/C20H21N5O3S2/c1-2-16(17-10-14(7-9-22-17)25-30(27,28)15-5-6-15)23-19(26)20-24-18(12-29-20)13-4-3-8-21-11-13/h3-4,7-12,15-16H,2,5-6H2,1H3,(H,22,25)(H,23,26). The molecule has 0 aliphatic heterocycles. The predicted octanol–water partition coefficient (Wildman–Crippen LogP) is 3.39. The molecule has 2 N–H and O–H groups in total. The molecule has 10 heteroatoms. The van der Waals surface area contributed by atoms with E-state index in [2.05, 4.69) is 25.0 Å². The number of hydrogen-bond donors (Lipinski definition) is 2. The number of anilines is 1. The zero-order chi connectivity index (χ0) is 21.1. The average molecular weight is 444 g/mol. The second-order valence-electron chi connectivity index (χ2n) is 7.03. The van der Waals surface area contributed by atoms with Crippen LogP contribution in [0.5, 0.6) is 0 Å². The number of thiazole rings is 1. The van der Waals surface area contributed by atoms with Crippen LogP contribution in [0.2, 0.25) is 0 Å². The van der Waals surface area contributed by atoms with Crippen LogP contribution in [-0.2, 0) is 10.0 Å². The summed E-state index contributed by atoms with van der Waals surface area (Å²) in [5.74, 6) is -0.298. The van der Waals surface area contributed by atoms with E-state index in [1.807, 2.05) is 24.4 Å². The first-order valence-corrected chi connectivity index (χ1v) is 12.0. The molecule has 3 aromatic heterocycles. The summed E-state index contributed by atoms with van der Waals surface area (Å²) >= 11 is 1.26. The van der Waals surface area contributed by atoms with Crippen LogP contribution in [-0.4, -0.2) is 34.5 Å². The number of rotatable bonds is 8. The Morgan fingerprint density at radius 3 is 2.83 bits per heavy atom. The molecule has 1 aliphatic rings. The van der Waals surface area contributed by atoms with Crippen LogP contribution in [0.4, 0.5) is 5.69 Å². The SMILES string of the molecule is CCC(NC(=O)c1nc(-c2cccnc2)cs1)c1cc(NS(=O)(=O)C2CC2)ccn1. The Morgan fingerprint density at radius 2 is 2.13 bits per heavy atom. The average Bonchev–Trinajstić information content (AvgIpc) is 3.50. The Balaban J connectivity index is 1.47. The number of pyridine rings is 2. The van der Waals surface area contributed by atoms with Gasteiger partial charge in [0, 0.05) is 29.5 Å². The molecule has 1 fully saturated rings. The van der Waals surface area contributed by atoms with Gasteiger partial charge in [-0.15, -0.1) is 11.3 Å². The molecule has 0 saturated heterocycles. The van der Waals surface area contributed by atoms with Gasteiger partial charge in [-0.2, -0.15) is 0 Å². The van der Waals surface area contributed by atoms with Gasteiger partial charge >= 0.3 is 0 Å². The summed E-state index contributed by atoms with van der Waals surface area (Å²) in [5, 5.41) is 4.80. The van der Waals surface area contributed by atoms with Crippen LogP contribution in [0.15, 0.2) is 48.2 Å². The lowest BCUT2D eigenvalue weighted by molar-refractivity contribution is 0.0934. The molecule has 0 spiro atoms. The van der Waals surface area contributed by atoms with Crippen molar-refractivity contribution in [3.05, 3.63) is 58.9 Å². The van der Waals surface area contributed by atoms with E-state index in [0.717, 1.165) is 5.56 Å². The third-order valence-electron chi connectivity index (χ3n) is 4.73. The fraction of sp³-hybridized carbons (Fsp3) is 0.300. The normalized spacial score (nSPS) is 14.8. The molecule has 1 aliphatic carbocycles. The third kappa shape index (κ3) is 4.65. The summed E-state index contributed by atoms with van der Waals surface area (Å²) in [6, 6.07) is 6.61. The molecule has 3 aromatic rings. The van der Waals surface area contributed by atoms with Crippen LogP contribution in [0, 0.1) is 0 Å². The van der Waals surface area contributed by atoms with E-state index >= 15 is 0 Å². The van der Waals surface area contributed by atoms with Gasteiger partial charge in [-0.1, -0.05) is 6.92 Å². The van der Waals surface area contributed by atoms with Gasteiger partial charge in [0.05, 0.1) is 28.4 Å². The van der Waals surface area contributed by atoms with E-state index in [0.29, 0.717) is 41.3 Å². The molecule has 0 radical (unpaired) electrons. The molecule has 4 rings (SSSR count). The minimum Gasteiger partial charge on any atom is -0.342 e. The molecule has 1 saturated carbocycles. The molecule has 0 bridgehead atoms. The first-order chi connectivity index (χ1) is 14.5. The Morgan fingerprint density at radius 1 is 1.30 bits per heavy atom. The summed E-state index contributed by atoms with van der Waals surface area (Å²) in [6.45, 7) is 1.93. The number of nitrogens with one attached hydrogen (secondary N) is 2. The van der Waals surface area contributed by atoms with Crippen molar-refractivity contribution in [3.8, 4) is 11.3 Å². The van der Waals surface area contributed by atoms with Crippen molar-refractivity contribution >= 4 is 33.0 Å². The van der Waals surface area contributed by atoms with Crippen LogP contribution < -0.4 is 10.0 Å². The summed E-state index contributed by atoms with van der Waals surface area (Å²) < 4.78 is 27.0. The number of amides is 1. The number of carbonyl (C=O) groups is 1. The van der Waals surface area contributed by atoms with Gasteiger partial charge in [-0.3, -0.25) is 19.5 Å². The Bertz CT molecular complexity index is 1140. The summed E-state index contributed by atoms with van der Waals surface area (Å²) in [4.78, 5) is 25.5. The number of carbonyl (C=O) groups excluding carboxylic acids is 1. The molecule has 156 valence electrons. The zero-order valence-corrected chi connectivity index (χ0v) is 17.9. The van der Waals surface area contributed by atoms with Crippen molar-refractivity contribution in [1.29, 1.82) is 0 Å². The topological polar surface area (TPSA) is 114 Å². The smallest absolute Gasteiger partial charge is 0.280 e. The van der Waals surface area contributed by atoms with Crippen LogP contribution in [0.1, 0.15) is 47.7 Å². The molecule has 0 aromatic carbocycles. The van der Waals surface area contributed by atoms with E-state index in [4.69, 9.17) is 0 Å². The molecular formula is C20H21N5O3S2. The predicted molar refractivity (Wildman–Crippen MR) is 116 cm³/mol. The number of nitrogens with zero attached hydrogens (tertiary/aromatic N) is 3. The highest BCUT2D eigenvalue weighted by Gasteiger charge is 2.35. The molecule has 8 nitrogen and oxygen atoms in total. The van der Waals surface area contributed by atoms with Crippen LogP contribution >= 0.6 is 11.3 Å². The van der Waals surface area contributed by atoms with Gasteiger partial charge in [-0.25, -0.2) is 13.4 Å². The van der Waals surface area contributed by atoms with Gasteiger partial charge < -0.3 is 5.32 Å². The monoisotopic (exact) mass is 443 g/mol. The lowest BCUT2D eigenvalue weighted by Gasteiger charge is -2.17. The molecule has 30 heavy (non-hydrogen) atoms. The summed E-state index contributed by atoms with van der Waals surface area (Å²) in [5.41, 5.74) is 2.58. The lowest BCUT2D eigenvalue weighted by atomic mass is 10.1. The van der Waals surface area contributed by atoms with Crippen molar-refractivity contribution in [2.75, 3.05) is 4.72 Å². The lowest BCUT2D eigenvalue weighted by Crippen LogP contribution is -2.28.